The molecule has 1 amide bonds. The number of carboxylic acids is 1. The molecule has 2 N–H and O–H groups in total. The van der Waals surface area contributed by atoms with Crippen molar-refractivity contribution in [3.8, 4) is 0 Å². The molecule has 0 bridgehead atoms. The second-order valence-corrected chi connectivity index (χ2v) is 4.82. The van der Waals surface area contributed by atoms with E-state index >= 15 is 0 Å². The molecule has 0 radical (unpaired) electrons. The topological polar surface area (TPSA) is 69.6 Å². The third-order valence-corrected chi connectivity index (χ3v) is 2.72. The fraction of sp³-hybridized carbons (Fsp3) is 0.333. The lowest BCUT2D eigenvalue weighted by Gasteiger charge is -2.13. The van der Waals surface area contributed by atoms with Gasteiger partial charge in [0.1, 0.15) is 6.04 Å². The molecule has 0 heterocycles. The van der Waals surface area contributed by atoms with Crippen LogP contribution in [0, 0.1) is 0 Å². The third kappa shape index (κ3) is 4.85. The summed E-state index contributed by atoms with van der Waals surface area (Å²) in [6.07, 6.45) is 1.67. The van der Waals surface area contributed by atoms with Gasteiger partial charge in [0.15, 0.2) is 0 Å². The lowest BCUT2D eigenvalue weighted by atomic mass is 10.1. The number of benzene rings is 1. The van der Waals surface area contributed by atoms with E-state index in [0.717, 1.165) is 12.1 Å². The number of aliphatic carboxylic acids is 1. The largest absolute Gasteiger partial charge is 0.480 e. The van der Waals surface area contributed by atoms with Crippen LogP contribution >= 0.6 is 0 Å². The van der Waals surface area contributed by atoms with Crippen LogP contribution in [0.1, 0.15) is 22.3 Å². The molecule has 0 aliphatic heterocycles. The van der Waals surface area contributed by atoms with Crippen molar-refractivity contribution in [2.75, 3.05) is 14.1 Å². The van der Waals surface area contributed by atoms with Crippen LogP contribution in [0.2, 0.25) is 0 Å². The minimum Gasteiger partial charge on any atom is -0.480 e. The maximum Gasteiger partial charge on any atom is 0.326 e. The van der Waals surface area contributed by atoms with E-state index in [1.165, 1.54) is 6.08 Å². The number of hydrogen-bond donors (Lipinski definition) is 2. The van der Waals surface area contributed by atoms with Crippen LogP contribution in [0.25, 0.3) is 0 Å². The van der Waals surface area contributed by atoms with Crippen LogP contribution in [0.3, 0.4) is 0 Å². The van der Waals surface area contributed by atoms with Crippen LogP contribution < -0.4 is 5.32 Å². The maximum atomic E-state index is 11.9. The second kappa shape index (κ2) is 7.45. The number of carboxylic acid groups (broad SMARTS) is 1. The molecular formula is C15H20N2O3. The average Bonchev–Trinajstić information content (AvgIpc) is 2.38. The first-order valence-corrected chi connectivity index (χ1v) is 6.32. The smallest absolute Gasteiger partial charge is 0.326 e. The Kier molecular flexibility index (Phi) is 5.93. The molecule has 1 atom stereocenters. The maximum absolute atomic E-state index is 11.9. The van der Waals surface area contributed by atoms with Crippen LogP contribution in [-0.4, -0.2) is 42.0 Å². The lowest BCUT2D eigenvalue weighted by molar-refractivity contribution is -0.139. The van der Waals surface area contributed by atoms with Crippen molar-refractivity contribution < 1.29 is 14.7 Å². The molecule has 0 aliphatic carbocycles. The summed E-state index contributed by atoms with van der Waals surface area (Å²) in [5.41, 5.74) is 1.54. The Balaban J connectivity index is 2.71. The van der Waals surface area contributed by atoms with E-state index in [1.807, 2.05) is 31.1 Å². The summed E-state index contributed by atoms with van der Waals surface area (Å²) < 4.78 is 0. The predicted molar refractivity (Wildman–Crippen MR) is 77.5 cm³/mol. The molecule has 1 unspecified atom stereocenters. The number of nitrogens with one attached hydrogen (secondary N) is 1. The standard InChI is InChI=1S/C15H20N2O3/c1-4-5-13(15(19)20)16-14(18)12-8-6-11(7-9-12)10-17(2)3/h4,6-9,13H,1,5,10H2,2-3H3,(H,16,18)(H,19,20). The highest BCUT2D eigenvalue weighted by molar-refractivity contribution is 5.96. The summed E-state index contributed by atoms with van der Waals surface area (Å²) >= 11 is 0. The molecule has 0 saturated carbocycles. The van der Waals surface area contributed by atoms with E-state index in [-0.39, 0.29) is 6.42 Å². The SMILES string of the molecule is C=CCC(NC(=O)c1ccc(CN(C)C)cc1)C(=O)O. The highest BCUT2D eigenvalue weighted by atomic mass is 16.4. The number of rotatable bonds is 7. The molecule has 108 valence electrons. The summed E-state index contributed by atoms with van der Waals surface area (Å²) in [5.74, 6) is -1.46. The second-order valence-electron chi connectivity index (χ2n) is 4.82. The molecule has 5 nitrogen and oxygen atoms in total. The van der Waals surface area contributed by atoms with Gasteiger partial charge in [-0.25, -0.2) is 4.79 Å². The number of carbonyl (C=O) groups excluding carboxylic acids is 1. The number of carbonyl (C=O) groups is 2. The van der Waals surface area contributed by atoms with Crippen LogP contribution in [-0.2, 0) is 11.3 Å². The minimum atomic E-state index is -1.07. The summed E-state index contributed by atoms with van der Waals surface area (Å²) in [6, 6.07) is 6.17. The van der Waals surface area contributed by atoms with Crippen LogP contribution in [0.15, 0.2) is 36.9 Å². The van der Waals surface area contributed by atoms with Gasteiger partial charge in [-0.05, 0) is 38.2 Å². The van der Waals surface area contributed by atoms with Crippen molar-refractivity contribution in [3.05, 3.63) is 48.0 Å². The summed E-state index contributed by atoms with van der Waals surface area (Å²) in [5, 5.41) is 11.4. The van der Waals surface area contributed by atoms with Crippen molar-refractivity contribution in [2.24, 2.45) is 0 Å². The van der Waals surface area contributed by atoms with Gasteiger partial charge in [-0.1, -0.05) is 18.2 Å². The molecule has 1 aromatic rings. The Bertz CT molecular complexity index is 480. The van der Waals surface area contributed by atoms with Crippen molar-refractivity contribution in [2.45, 2.75) is 19.0 Å². The fourth-order valence-electron chi connectivity index (χ4n) is 1.76. The Hall–Kier alpha value is -2.14. The van der Waals surface area contributed by atoms with E-state index in [0.29, 0.717) is 5.56 Å². The van der Waals surface area contributed by atoms with E-state index in [4.69, 9.17) is 5.11 Å². The number of nitrogens with zero attached hydrogens (tertiary/aromatic N) is 1. The Morgan fingerprint density at radius 2 is 1.95 bits per heavy atom. The first kappa shape index (κ1) is 15.9. The predicted octanol–water partition coefficient (Wildman–Crippen LogP) is 1.51. The highest BCUT2D eigenvalue weighted by Gasteiger charge is 2.18. The zero-order chi connectivity index (χ0) is 15.1. The molecule has 1 rings (SSSR count). The number of amides is 1. The molecule has 0 spiro atoms. The van der Waals surface area contributed by atoms with Gasteiger partial charge in [0.05, 0.1) is 0 Å². The summed E-state index contributed by atoms with van der Waals surface area (Å²) in [7, 11) is 3.93. The molecule has 0 fully saturated rings. The highest BCUT2D eigenvalue weighted by Crippen LogP contribution is 2.07. The van der Waals surface area contributed by atoms with E-state index < -0.39 is 17.9 Å². The third-order valence-electron chi connectivity index (χ3n) is 2.72. The molecule has 0 saturated heterocycles. The van der Waals surface area contributed by atoms with E-state index in [9.17, 15) is 9.59 Å². The monoisotopic (exact) mass is 276 g/mol. The van der Waals surface area contributed by atoms with Gasteiger partial charge in [0.2, 0.25) is 0 Å². The van der Waals surface area contributed by atoms with Gasteiger partial charge < -0.3 is 15.3 Å². The average molecular weight is 276 g/mol. The van der Waals surface area contributed by atoms with Crippen molar-refractivity contribution in [3.63, 3.8) is 0 Å². The van der Waals surface area contributed by atoms with E-state index in [2.05, 4.69) is 11.9 Å². The van der Waals surface area contributed by atoms with Gasteiger partial charge in [-0.15, -0.1) is 6.58 Å². The fourth-order valence-corrected chi connectivity index (χ4v) is 1.76. The van der Waals surface area contributed by atoms with Gasteiger partial charge in [0.25, 0.3) is 5.91 Å². The molecule has 1 aromatic carbocycles. The normalized spacial score (nSPS) is 11.9. The summed E-state index contributed by atoms with van der Waals surface area (Å²) in [6.45, 7) is 4.27. The Labute approximate surface area is 118 Å². The van der Waals surface area contributed by atoms with Crippen LogP contribution in [0.4, 0.5) is 0 Å². The first-order valence-electron chi connectivity index (χ1n) is 6.32. The van der Waals surface area contributed by atoms with E-state index in [1.54, 1.807) is 12.1 Å². The Morgan fingerprint density at radius 3 is 2.40 bits per heavy atom. The van der Waals surface area contributed by atoms with Crippen molar-refractivity contribution in [1.29, 1.82) is 0 Å². The lowest BCUT2D eigenvalue weighted by Crippen LogP contribution is -2.40. The number of hydrogen-bond acceptors (Lipinski definition) is 3. The van der Waals surface area contributed by atoms with Crippen LogP contribution in [0.5, 0.6) is 0 Å². The zero-order valence-corrected chi connectivity index (χ0v) is 11.8. The summed E-state index contributed by atoms with van der Waals surface area (Å²) in [4.78, 5) is 24.9. The first-order chi connectivity index (χ1) is 9.43. The quantitative estimate of drug-likeness (QED) is 0.741. The molecule has 5 heteroatoms. The molecular weight excluding hydrogens is 256 g/mol. The van der Waals surface area contributed by atoms with Crippen molar-refractivity contribution >= 4 is 11.9 Å². The Morgan fingerprint density at radius 1 is 1.35 bits per heavy atom. The molecule has 20 heavy (non-hydrogen) atoms. The van der Waals surface area contributed by atoms with Gasteiger partial charge >= 0.3 is 5.97 Å². The molecule has 0 aliphatic rings. The molecule has 0 aromatic heterocycles. The van der Waals surface area contributed by atoms with Crippen molar-refractivity contribution in [1.82, 2.24) is 10.2 Å². The van der Waals surface area contributed by atoms with Gasteiger partial charge in [0, 0.05) is 12.1 Å². The zero-order valence-electron chi connectivity index (χ0n) is 11.8. The van der Waals surface area contributed by atoms with Gasteiger partial charge in [-0.2, -0.15) is 0 Å². The van der Waals surface area contributed by atoms with Gasteiger partial charge in [-0.3, -0.25) is 4.79 Å². The minimum absolute atomic E-state index is 0.194.